The Morgan fingerprint density at radius 2 is 1.77 bits per heavy atom. The summed E-state index contributed by atoms with van der Waals surface area (Å²) >= 11 is 0. The van der Waals surface area contributed by atoms with E-state index in [4.69, 9.17) is 9.47 Å². The van der Waals surface area contributed by atoms with Crippen molar-refractivity contribution in [2.45, 2.75) is 51.0 Å². The fourth-order valence-corrected chi connectivity index (χ4v) is 7.07. The zero-order valence-electron chi connectivity index (χ0n) is 25.7. The number of nitrogens with one attached hydrogen (secondary N) is 1. The highest BCUT2D eigenvalue weighted by Crippen LogP contribution is 2.47. The predicted molar refractivity (Wildman–Crippen MR) is 167 cm³/mol. The van der Waals surface area contributed by atoms with Gasteiger partial charge in [0.2, 0.25) is 5.91 Å². The molecule has 0 radical (unpaired) electrons. The van der Waals surface area contributed by atoms with E-state index in [-0.39, 0.29) is 17.4 Å². The summed E-state index contributed by atoms with van der Waals surface area (Å²) in [5.41, 5.74) is 5.50. The van der Waals surface area contributed by atoms with Crippen LogP contribution in [0.3, 0.4) is 0 Å². The zero-order chi connectivity index (χ0) is 30.9. The van der Waals surface area contributed by atoms with Crippen molar-refractivity contribution in [3.8, 4) is 17.0 Å². The molecule has 1 unspecified atom stereocenters. The standard InChI is InChI=1S/C32H42N4O6S/c1-34(2)43(39,40)33-31(37)22-11-13-27-28(19-22)36-20-24(32(38)35(3)15-16-41-4)17-23-18-25(42-5)12-14-26(23)30(36)29(27)21-9-7-6-8-10-21/h11-14,18-19,21,24H,6-10,15-17,20H2,1-5H3,(H,33,37). The molecule has 1 fully saturated rings. The average Bonchev–Trinajstić information content (AvgIpc) is 3.21. The van der Waals surface area contributed by atoms with Gasteiger partial charge in [-0.2, -0.15) is 12.7 Å². The van der Waals surface area contributed by atoms with Gasteiger partial charge in [0.15, 0.2) is 0 Å². The van der Waals surface area contributed by atoms with Gasteiger partial charge >= 0.3 is 10.2 Å². The summed E-state index contributed by atoms with van der Waals surface area (Å²) in [7, 11) is 3.84. The molecular formula is C32H42N4O6S. The summed E-state index contributed by atoms with van der Waals surface area (Å²) in [6.45, 7) is 1.35. The van der Waals surface area contributed by atoms with Crippen LogP contribution in [0.5, 0.6) is 5.75 Å². The van der Waals surface area contributed by atoms with Crippen LogP contribution in [0.15, 0.2) is 36.4 Å². The molecule has 2 aliphatic rings. The van der Waals surface area contributed by atoms with Gasteiger partial charge in [0.05, 0.1) is 25.3 Å². The van der Waals surface area contributed by atoms with Gasteiger partial charge in [0, 0.05) is 63.4 Å². The van der Waals surface area contributed by atoms with E-state index in [1.54, 1.807) is 38.3 Å². The maximum absolute atomic E-state index is 13.9. The topological polar surface area (TPSA) is 110 Å². The molecule has 1 atom stereocenters. The number of ether oxygens (including phenoxy) is 2. The molecule has 1 aliphatic carbocycles. The van der Waals surface area contributed by atoms with E-state index in [1.165, 1.54) is 26.1 Å². The third-order valence-electron chi connectivity index (χ3n) is 8.87. The summed E-state index contributed by atoms with van der Waals surface area (Å²) in [5.74, 6) is 0.0347. The number of methoxy groups -OCH3 is 2. The van der Waals surface area contributed by atoms with Crippen molar-refractivity contribution >= 4 is 32.9 Å². The van der Waals surface area contributed by atoms with E-state index in [9.17, 15) is 18.0 Å². The second-order valence-corrected chi connectivity index (χ2v) is 13.7. The van der Waals surface area contributed by atoms with Crippen LogP contribution >= 0.6 is 0 Å². The zero-order valence-corrected chi connectivity index (χ0v) is 26.5. The average molecular weight is 611 g/mol. The Kier molecular flexibility index (Phi) is 9.15. The van der Waals surface area contributed by atoms with Crippen molar-refractivity contribution in [3.05, 3.63) is 53.1 Å². The van der Waals surface area contributed by atoms with E-state index in [0.29, 0.717) is 32.0 Å². The summed E-state index contributed by atoms with van der Waals surface area (Å²) in [4.78, 5) is 28.8. The largest absolute Gasteiger partial charge is 0.497 e. The lowest BCUT2D eigenvalue weighted by molar-refractivity contribution is -0.135. The van der Waals surface area contributed by atoms with Crippen LogP contribution in [0.1, 0.15) is 59.5 Å². The van der Waals surface area contributed by atoms with Gasteiger partial charge in [-0.1, -0.05) is 25.3 Å². The Morgan fingerprint density at radius 1 is 1.02 bits per heavy atom. The summed E-state index contributed by atoms with van der Waals surface area (Å²) in [6, 6.07) is 11.5. The van der Waals surface area contributed by atoms with E-state index in [1.807, 2.05) is 18.2 Å². The molecule has 1 saturated carbocycles. The second kappa shape index (κ2) is 12.7. The van der Waals surface area contributed by atoms with Gasteiger partial charge in [0.1, 0.15) is 5.75 Å². The van der Waals surface area contributed by atoms with E-state index in [0.717, 1.165) is 63.5 Å². The van der Waals surface area contributed by atoms with E-state index in [2.05, 4.69) is 15.4 Å². The number of rotatable bonds is 9. The molecule has 2 amide bonds. The number of amides is 2. The molecule has 1 aliphatic heterocycles. The lowest BCUT2D eigenvalue weighted by Gasteiger charge is -2.24. The molecule has 1 N–H and O–H groups in total. The monoisotopic (exact) mass is 610 g/mol. The maximum atomic E-state index is 13.9. The summed E-state index contributed by atoms with van der Waals surface area (Å²) < 4.78 is 41.0. The molecule has 11 heteroatoms. The number of nitrogens with zero attached hydrogens (tertiary/aromatic N) is 3. The number of aromatic nitrogens is 1. The first-order valence-electron chi connectivity index (χ1n) is 14.9. The fourth-order valence-electron chi connectivity index (χ4n) is 6.53. The first-order valence-corrected chi connectivity index (χ1v) is 16.3. The molecule has 0 spiro atoms. The third kappa shape index (κ3) is 6.16. The number of hydrogen-bond donors (Lipinski definition) is 1. The minimum atomic E-state index is -3.96. The van der Waals surface area contributed by atoms with Crippen LogP contribution in [0.2, 0.25) is 0 Å². The maximum Gasteiger partial charge on any atom is 0.303 e. The van der Waals surface area contributed by atoms with Crippen LogP contribution in [-0.4, -0.2) is 82.5 Å². The van der Waals surface area contributed by atoms with Crippen LogP contribution < -0.4 is 9.46 Å². The SMILES string of the molecule is COCCN(C)C(=O)C1Cc2cc(OC)ccc2-c2c(C3CCCCC3)c3ccc(C(=O)NS(=O)(=O)N(C)C)cc3n2C1. The summed E-state index contributed by atoms with van der Waals surface area (Å²) in [5, 5.41) is 1.04. The number of fused-ring (bicyclic) bond motifs is 5. The minimum absolute atomic E-state index is 0.0192. The van der Waals surface area contributed by atoms with Crippen molar-refractivity contribution in [2.24, 2.45) is 5.92 Å². The van der Waals surface area contributed by atoms with Gasteiger partial charge in [-0.3, -0.25) is 9.59 Å². The molecule has 5 rings (SSSR count). The van der Waals surface area contributed by atoms with Crippen molar-refractivity contribution in [1.82, 2.24) is 18.5 Å². The normalized spacial score (nSPS) is 17.3. The van der Waals surface area contributed by atoms with E-state index < -0.39 is 16.1 Å². The van der Waals surface area contributed by atoms with Gasteiger partial charge in [-0.15, -0.1) is 0 Å². The number of hydrogen-bond acceptors (Lipinski definition) is 6. The Balaban J connectivity index is 1.72. The highest BCUT2D eigenvalue weighted by atomic mass is 32.2. The fraction of sp³-hybridized carbons (Fsp3) is 0.500. The molecule has 2 aromatic carbocycles. The highest BCUT2D eigenvalue weighted by Gasteiger charge is 2.34. The number of likely N-dealkylation sites (N-methyl/N-ethyl adjacent to an activating group) is 1. The molecule has 2 heterocycles. The molecule has 10 nitrogen and oxygen atoms in total. The lowest BCUT2D eigenvalue weighted by atomic mass is 9.81. The number of benzene rings is 2. The second-order valence-electron chi connectivity index (χ2n) is 11.8. The molecule has 43 heavy (non-hydrogen) atoms. The lowest BCUT2D eigenvalue weighted by Crippen LogP contribution is -2.39. The highest BCUT2D eigenvalue weighted by molar-refractivity contribution is 7.87. The first-order chi connectivity index (χ1) is 20.6. The first kappa shape index (κ1) is 31.0. The van der Waals surface area contributed by atoms with E-state index >= 15 is 0 Å². The molecular weight excluding hydrogens is 568 g/mol. The quantitative estimate of drug-likeness (QED) is 0.389. The Labute approximate surface area is 254 Å². The van der Waals surface area contributed by atoms with Crippen molar-refractivity contribution < 1.29 is 27.5 Å². The number of carbonyl (C=O) groups is 2. The minimum Gasteiger partial charge on any atom is -0.497 e. The van der Waals surface area contributed by atoms with Gasteiger partial charge in [0.25, 0.3) is 5.91 Å². The number of carbonyl (C=O) groups excluding carboxylic acids is 2. The van der Waals surface area contributed by atoms with Crippen molar-refractivity contribution in [1.29, 1.82) is 0 Å². The Hall–Kier alpha value is -3.41. The molecule has 0 bridgehead atoms. The van der Waals surface area contributed by atoms with Gasteiger partial charge in [-0.05, 0) is 66.6 Å². The molecule has 232 valence electrons. The Bertz CT molecular complexity index is 1620. The van der Waals surface area contributed by atoms with Gasteiger partial charge < -0.3 is 18.9 Å². The summed E-state index contributed by atoms with van der Waals surface area (Å²) in [6.07, 6.45) is 6.21. The van der Waals surface area contributed by atoms with Crippen LogP contribution in [0, 0.1) is 5.92 Å². The predicted octanol–water partition coefficient (Wildman–Crippen LogP) is 4.18. The Morgan fingerprint density at radius 3 is 2.44 bits per heavy atom. The smallest absolute Gasteiger partial charge is 0.303 e. The van der Waals surface area contributed by atoms with Gasteiger partial charge in [-0.25, -0.2) is 4.72 Å². The van der Waals surface area contributed by atoms with Crippen molar-refractivity contribution in [3.63, 3.8) is 0 Å². The van der Waals surface area contributed by atoms with Crippen LogP contribution in [-0.2, 0) is 32.7 Å². The molecule has 3 aromatic rings. The molecule has 1 aromatic heterocycles. The van der Waals surface area contributed by atoms with Crippen molar-refractivity contribution in [2.75, 3.05) is 48.5 Å². The van der Waals surface area contributed by atoms with Crippen LogP contribution in [0.4, 0.5) is 0 Å². The van der Waals surface area contributed by atoms with Crippen LogP contribution in [0.25, 0.3) is 22.2 Å². The third-order valence-corrected chi connectivity index (χ3v) is 10.3. The molecule has 0 saturated heterocycles.